The van der Waals surface area contributed by atoms with Gasteiger partial charge in [0.25, 0.3) is 11.6 Å². The van der Waals surface area contributed by atoms with E-state index >= 15 is 0 Å². The van der Waals surface area contributed by atoms with Gasteiger partial charge in [0.1, 0.15) is 6.04 Å². The summed E-state index contributed by atoms with van der Waals surface area (Å²) in [5, 5.41) is 19.1. The fourth-order valence-electron chi connectivity index (χ4n) is 1.19. The Hall–Kier alpha value is -2.42. The lowest BCUT2D eigenvalue weighted by Crippen LogP contribution is -2.33. The Labute approximate surface area is 98.2 Å². The van der Waals surface area contributed by atoms with Crippen LogP contribution in [0.25, 0.3) is 0 Å². The van der Waals surface area contributed by atoms with Gasteiger partial charge in [0.15, 0.2) is 0 Å². The lowest BCUT2D eigenvalue weighted by atomic mass is 10.1. The van der Waals surface area contributed by atoms with E-state index in [0.29, 0.717) is 5.56 Å². The van der Waals surface area contributed by atoms with Crippen LogP contribution in [0.2, 0.25) is 0 Å². The Bertz CT molecular complexity index is 476. The topological polar surface area (TPSA) is 87.2 Å². The van der Waals surface area contributed by atoms with Crippen molar-refractivity contribution < 1.29 is 9.72 Å². The summed E-state index contributed by atoms with van der Waals surface area (Å²) in [5.74, 6) is -0.339. The summed E-state index contributed by atoms with van der Waals surface area (Å²) in [6.45, 7) is 1.60. The van der Waals surface area contributed by atoms with Crippen LogP contribution in [-0.4, -0.2) is 28.8 Å². The molecule has 1 aromatic carbocycles. The fourth-order valence-corrected chi connectivity index (χ4v) is 1.19. The molecule has 0 bridgehead atoms. The minimum absolute atomic E-state index is 0.0717. The summed E-state index contributed by atoms with van der Waals surface area (Å²) in [6.07, 6.45) is 0. The summed E-state index contributed by atoms with van der Waals surface area (Å²) in [7, 11) is 1.51. The third-order valence-corrected chi connectivity index (χ3v) is 2.41. The second kappa shape index (κ2) is 5.07. The third kappa shape index (κ3) is 2.78. The average molecular weight is 233 g/mol. The van der Waals surface area contributed by atoms with Crippen LogP contribution in [0.1, 0.15) is 17.3 Å². The van der Waals surface area contributed by atoms with Gasteiger partial charge in [0.05, 0.1) is 11.0 Å². The summed E-state index contributed by atoms with van der Waals surface area (Å²) >= 11 is 0. The number of carbonyl (C=O) groups is 1. The number of rotatable bonds is 3. The predicted molar refractivity (Wildman–Crippen MR) is 60.3 cm³/mol. The largest absolute Gasteiger partial charge is 0.326 e. The first kappa shape index (κ1) is 12.6. The monoisotopic (exact) mass is 233 g/mol. The Balaban J connectivity index is 2.91. The highest BCUT2D eigenvalue weighted by molar-refractivity contribution is 5.94. The lowest BCUT2D eigenvalue weighted by molar-refractivity contribution is -0.384. The SMILES string of the molecule is CC(C#N)N(C)C(=O)c1ccc([N+](=O)[O-])cc1. The van der Waals surface area contributed by atoms with E-state index in [1.165, 1.54) is 36.2 Å². The standard InChI is InChI=1S/C11H11N3O3/c1-8(7-12)13(2)11(15)9-3-5-10(6-4-9)14(16)17/h3-6,8H,1-2H3. The van der Waals surface area contributed by atoms with Gasteiger partial charge in [-0.05, 0) is 19.1 Å². The maximum atomic E-state index is 11.8. The van der Waals surface area contributed by atoms with E-state index < -0.39 is 11.0 Å². The highest BCUT2D eigenvalue weighted by Crippen LogP contribution is 2.13. The minimum Gasteiger partial charge on any atom is -0.326 e. The van der Waals surface area contributed by atoms with Gasteiger partial charge in [-0.1, -0.05) is 0 Å². The zero-order valence-electron chi connectivity index (χ0n) is 9.45. The Kier molecular flexibility index (Phi) is 3.78. The molecule has 0 spiro atoms. The van der Waals surface area contributed by atoms with Gasteiger partial charge in [0.2, 0.25) is 0 Å². The minimum atomic E-state index is -0.544. The van der Waals surface area contributed by atoms with Crippen molar-refractivity contribution in [1.82, 2.24) is 4.90 Å². The van der Waals surface area contributed by atoms with Crippen LogP contribution in [0.3, 0.4) is 0 Å². The van der Waals surface area contributed by atoms with E-state index in [1.807, 2.05) is 6.07 Å². The molecule has 1 atom stereocenters. The molecule has 0 N–H and O–H groups in total. The number of nitrogens with zero attached hydrogens (tertiary/aromatic N) is 3. The summed E-state index contributed by atoms with van der Waals surface area (Å²) in [4.78, 5) is 23.0. The molecule has 0 aliphatic heterocycles. The number of nitro groups is 1. The lowest BCUT2D eigenvalue weighted by Gasteiger charge is -2.19. The van der Waals surface area contributed by atoms with Crippen LogP contribution in [-0.2, 0) is 0 Å². The molecule has 1 aromatic rings. The number of amides is 1. The van der Waals surface area contributed by atoms with Crippen LogP contribution in [0.15, 0.2) is 24.3 Å². The summed E-state index contributed by atoms with van der Waals surface area (Å²) in [5.41, 5.74) is 0.248. The molecule has 6 heteroatoms. The number of hydrogen-bond acceptors (Lipinski definition) is 4. The quantitative estimate of drug-likeness (QED) is 0.585. The Morgan fingerprint density at radius 3 is 2.41 bits per heavy atom. The second-order valence-electron chi connectivity index (χ2n) is 3.53. The number of non-ortho nitro benzene ring substituents is 1. The van der Waals surface area contributed by atoms with Crippen molar-refractivity contribution in [3.05, 3.63) is 39.9 Å². The smallest absolute Gasteiger partial charge is 0.269 e. The fraction of sp³-hybridized carbons (Fsp3) is 0.273. The van der Waals surface area contributed by atoms with Gasteiger partial charge >= 0.3 is 0 Å². The average Bonchev–Trinajstić information content (AvgIpc) is 2.36. The normalized spacial score (nSPS) is 11.4. The third-order valence-electron chi connectivity index (χ3n) is 2.41. The molecule has 17 heavy (non-hydrogen) atoms. The van der Waals surface area contributed by atoms with Gasteiger partial charge < -0.3 is 4.90 Å². The van der Waals surface area contributed by atoms with E-state index in [-0.39, 0.29) is 11.6 Å². The van der Waals surface area contributed by atoms with Gasteiger partial charge in [-0.2, -0.15) is 5.26 Å². The predicted octanol–water partition coefficient (Wildman–Crippen LogP) is 1.58. The van der Waals surface area contributed by atoms with Crippen molar-refractivity contribution in [2.75, 3.05) is 7.05 Å². The summed E-state index contributed by atoms with van der Waals surface area (Å²) in [6, 6.07) is 6.67. The molecule has 1 unspecified atom stereocenters. The molecular formula is C11H11N3O3. The van der Waals surface area contributed by atoms with Crippen LogP contribution in [0, 0.1) is 21.4 Å². The molecule has 0 saturated heterocycles. The number of nitro benzene ring substituents is 1. The van der Waals surface area contributed by atoms with Crippen LogP contribution in [0.5, 0.6) is 0 Å². The second-order valence-corrected chi connectivity index (χ2v) is 3.53. The van der Waals surface area contributed by atoms with Crippen LogP contribution in [0.4, 0.5) is 5.69 Å². The number of benzene rings is 1. The van der Waals surface area contributed by atoms with Gasteiger partial charge in [0, 0.05) is 24.7 Å². The van der Waals surface area contributed by atoms with Crippen molar-refractivity contribution in [3.8, 4) is 6.07 Å². The molecule has 0 heterocycles. The maximum absolute atomic E-state index is 11.8. The van der Waals surface area contributed by atoms with Crippen LogP contribution < -0.4 is 0 Å². The van der Waals surface area contributed by atoms with E-state index in [1.54, 1.807) is 6.92 Å². The van der Waals surface area contributed by atoms with Gasteiger partial charge in [-0.3, -0.25) is 14.9 Å². The molecule has 0 aromatic heterocycles. The highest BCUT2D eigenvalue weighted by Gasteiger charge is 2.17. The molecule has 88 valence electrons. The molecule has 1 rings (SSSR count). The van der Waals surface area contributed by atoms with Crippen molar-refractivity contribution in [3.63, 3.8) is 0 Å². The first-order valence-corrected chi connectivity index (χ1v) is 4.88. The van der Waals surface area contributed by atoms with E-state index in [9.17, 15) is 14.9 Å². The zero-order valence-corrected chi connectivity index (χ0v) is 9.45. The first-order valence-electron chi connectivity index (χ1n) is 4.88. The van der Waals surface area contributed by atoms with Crippen molar-refractivity contribution in [2.24, 2.45) is 0 Å². The van der Waals surface area contributed by atoms with Crippen molar-refractivity contribution >= 4 is 11.6 Å². The van der Waals surface area contributed by atoms with Crippen molar-refractivity contribution in [2.45, 2.75) is 13.0 Å². The molecule has 0 aliphatic carbocycles. The molecular weight excluding hydrogens is 222 g/mol. The Morgan fingerprint density at radius 1 is 1.47 bits per heavy atom. The maximum Gasteiger partial charge on any atom is 0.269 e. The molecule has 1 amide bonds. The first-order chi connectivity index (χ1) is 7.97. The van der Waals surface area contributed by atoms with E-state index in [2.05, 4.69) is 0 Å². The van der Waals surface area contributed by atoms with Crippen LogP contribution >= 0.6 is 0 Å². The number of hydrogen-bond donors (Lipinski definition) is 0. The summed E-state index contributed by atoms with van der Waals surface area (Å²) < 4.78 is 0. The van der Waals surface area contributed by atoms with Gasteiger partial charge in [-0.15, -0.1) is 0 Å². The Morgan fingerprint density at radius 2 is 2.00 bits per heavy atom. The van der Waals surface area contributed by atoms with Crippen molar-refractivity contribution in [1.29, 1.82) is 5.26 Å². The molecule has 0 radical (unpaired) electrons. The molecule has 6 nitrogen and oxygen atoms in total. The number of carbonyl (C=O) groups excluding carboxylic acids is 1. The highest BCUT2D eigenvalue weighted by atomic mass is 16.6. The molecule has 0 saturated carbocycles. The van der Waals surface area contributed by atoms with Gasteiger partial charge in [-0.25, -0.2) is 0 Å². The van der Waals surface area contributed by atoms with E-state index in [4.69, 9.17) is 5.26 Å². The zero-order chi connectivity index (χ0) is 13.0. The molecule has 0 fully saturated rings. The number of nitriles is 1. The van der Waals surface area contributed by atoms with E-state index in [0.717, 1.165) is 0 Å². The molecule has 0 aliphatic rings.